The average Bonchev–Trinajstić information content (AvgIpc) is 3.42. The maximum absolute atomic E-state index is 13.6. The molecule has 0 radical (unpaired) electrons. The fourth-order valence-electron chi connectivity index (χ4n) is 3.49. The summed E-state index contributed by atoms with van der Waals surface area (Å²) in [4.78, 5) is 3.30. The highest BCUT2D eigenvalue weighted by Crippen LogP contribution is 2.32. The van der Waals surface area contributed by atoms with Crippen molar-refractivity contribution < 1.29 is 4.39 Å². The van der Waals surface area contributed by atoms with E-state index in [1.54, 1.807) is 23.9 Å². The number of aromatic nitrogens is 4. The van der Waals surface area contributed by atoms with Crippen molar-refractivity contribution in [3.63, 3.8) is 0 Å². The number of aromatic amines is 1. The zero-order valence-electron chi connectivity index (χ0n) is 16.6. The molecule has 1 N–H and O–H groups in total. The topological polar surface area (TPSA) is 46.5 Å². The van der Waals surface area contributed by atoms with Gasteiger partial charge in [-0.3, -0.25) is 4.57 Å². The van der Waals surface area contributed by atoms with Crippen LogP contribution in [0.5, 0.6) is 0 Å². The molecule has 2 heterocycles. The summed E-state index contributed by atoms with van der Waals surface area (Å²) in [5, 5.41) is 10.8. The van der Waals surface area contributed by atoms with Gasteiger partial charge in [-0.15, -0.1) is 10.2 Å². The molecule has 152 valence electrons. The maximum atomic E-state index is 13.6. The standard InChI is InChI=1S/C25H19FN4S/c26-19-12-14-20(15-13-19)30-24(22-17-27-23-11-5-4-10-21(22)23)28-29-25(30)31-16-6-9-18-7-2-1-3-8-18/h1-15,17,27H,16H2. The van der Waals surface area contributed by atoms with Crippen molar-refractivity contribution in [3.05, 3.63) is 103 Å². The highest BCUT2D eigenvalue weighted by atomic mass is 32.2. The first-order valence-corrected chi connectivity index (χ1v) is 10.9. The van der Waals surface area contributed by atoms with Crippen LogP contribution in [0.3, 0.4) is 0 Å². The Morgan fingerprint density at radius 2 is 1.68 bits per heavy atom. The van der Waals surface area contributed by atoms with Gasteiger partial charge in [-0.2, -0.15) is 0 Å². The second kappa shape index (κ2) is 8.62. The zero-order valence-corrected chi connectivity index (χ0v) is 17.4. The molecule has 6 heteroatoms. The summed E-state index contributed by atoms with van der Waals surface area (Å²) in [5.74, 6) is 1.19. The third kappa shape index (κ3) is 4.02. The van der Waals surface area contributed by atoms with Gasteiger partial charge in [0.1, 0.15) is 5.82 Å². The SMILES string of the molecule is Fc1ccc(-n2c(SCC=Cc3ccccc3)nnc2-c2c[nH]c3ccccc23)cc1. The van der Waals surface area contributed by atoms with Gasteiger partial charge < -0.3 is 4.98 Å². The maximum Gasteiger partial charge on any atom is 0.196 e. The van der Waals surface area contributed by atoms with E-state index in [0.29, 0.717) is 0 Å². The summed E-state index contributed by atoms with van der Waals surface area (Å²) in [7, 11) is 0. The number of hydrogen-bond donors (Lipinski definition) is 1. The molecule has 4 nitrogen and oxygen atoms in total. The van der Waals surface area contributed by atoms with Crippen LogP contribution in [0, 0.1) is 5.82 Å². The van der Waals surface area contributed by atoms with E-state index in [1.807, 2.05) is 47.2 Å². The van der Waals surface area contributed by atoms with Gasteiger partial charge in [0.25, 0.3) is 0 Å². The van der Waals surface area contributed by atoms with Gasteiger partial charge in [-0.1, -0.05) is 72.4 Å². The molecule has 0 aliphatic carbocycles. The van der Waals surface area contributed by atoms with Crippen molar-refractivity contribution in [2.24, 2.45) is 0 Å². The van der Waals surface area contributed by atoms with E-state index >= 15 is 0 Å². The van der Waals surface area contributed by atoms with Crippen molar-refractivity contribution in [2.45, 2.75) is 5.16 Å². The average molecular weight is 427 g/mol. The lowest BCUT2D eigenvalue weighted by Gasteiger charge is -2.09. The van der Waals surface area contributed by atoms with Gasteiger partial charge in [0.05, 0.1) is 0 Å². The molecule has 0 fully saturated rings. The van der Waals surface area contributed by atoms with Gasteiger partial charge in [0.15, 0.2) is 11.0 Å². The third-order valence-corrected chi connectivity index (χ3v) is 5.85. The first kappa shape index (κ1) is 19.3. The van der Waals surface area contributed by atoms with E-state index in [4.69, 9.17) is 0 Å². The largest absolute Gasteiger partial charge is 0.360 e. The Bertz CT molecular complexity index is 1340. The molecule has 0 atom stereocenters. The summed E-state index contributed by atoms with van der Waals surface area (Å²) in [6.45, 7) is 0. The highest BCUT2D eigenvalue weighted by Gasteiger charge is 2.18. The number of halogens is 1. The lowest BCUT2D eigenvalue weighted by molar-refractivity contribution is 0.627. The lowest BCUT2D eigenvalue weighted by atomic mass is 10.1. The van der Waals surface area contributed by atoms with Gasteiger partial charge in [-0.05, 0) is 35.9 Å². The molecular formula is C25H19FN4S. The summed E-state index contributed by atoms with van der Waals surface area (Å²) in [6.07, 6.45) is 6.14. The first-order chi connectivity index (χ1) is 15.3. The molecule has 0 amide bonds. The molecule has 0 saturated carbocycles. The quantitative estimate of drug-likeness (QED) is 0.321. The van der Waals surface area contributed by atoms with E-state index in [0.717, 1.165) is 44.5 Å². The Balaban J connectivity index is 1.51. The number of H-pyrrole nitrogens is 1. The van der Waals surface area contributed by atoms with Crippen LogP contribution in [0.15, 0.2) is 96.3 Å². The first-order valence-electron chi connectivity index (χ1n) is 9.92. The number of rotatable bonds is 6. The highest BCUT2D eigenvalue weighted by molar-refractivity contribution is 7.99. The minimum absolute atomic E-state index is 0.273. The molecule has 0 saturated heterocycles. The van der Waals surface area contributed by atoms with Crippen LogP contribution < -0.4 is 0 Å². The van der Waals surface area contributed by atoms with Crippen molar-refractivity contribution in [2.75, 3.05) is 5.75 Å². The van der Waals surface area contributed by atoms with E-state index < -0.39 is 0 Å². The number of nitrogens with zero attached hydrogens (tertiary/aromatic N) is 3. The number of hydrogen-bond acceptors (Lipinski definition) is 3. The van der Waals surface area contributed by atoms with Crippen LogP contribution in [0.25, 0.3) is 34.1 Å². The van der Waals surface area contributed by atoms with Crippen LogP contribution in [-0.4, -0.2) is 25.5 Å². The summed E-state index contributed by atoms with van der Waals surface area (Å²) >= 11 is 1.59. The van der Waals surface area contributed by atoms with Gasteiger partial charge >= 0.3 is 0 Å². The number of thioether (sulfide) groups is 1. The molecule has 5 aromatic rings. The van der Waals surface area contributed by atoms with Crippen molar-refractivity contribution in [3.8, 4) is 17.1 Å². The van der Waals surface area contributed by atoms with Crippen molar-refractivity contribution >= 4 is 28.7 Å². The Morgan fingerprint density at radius 3 is 2.52 bits per heavy atom. The fourth-order valence-corrected chi connectivity index (χ4v) is 4.25. The summed E-state index contributed by atoms with van der Waals surface area (Å²) in [5.41, 5.74) is 3.97. The minimum Gasteiger partial charge on any atom is -0.360 e. The van der Waals surface area contributed by atoms with Crippen LogP contribution in [-0.2, 0) is 0 Å². The van der Waals surface area contributed by atoms with Crippen LogP contribution in [0.2, 0.25) is 0 Å². The normalized spacial score (nSPS) is 11.5. The molecule has 0 spiro atoms. The molecule has 2 aromatic heterocycles. The molecule has 0 unspecified atom stereocenters. The molecule has 0 bridgehead atoms. The number of fused-ring (bicyclic) bond motifs is 1. The molecule has 0 aliphatic rings. The Labute approximate surface area is 183 Å². The van der Waals surface area contributed by atoms with Crippen LogP contribution >= 0.6 is 11.8 Å². The minimum atomic E-state index is -0.273. The predicted octanol–water partition coefficient (Wildman–Crippen LogP) is 6.36. The molecule has 0 aliphatic heterocycles. The summed E-state index contributed by atoms with van der Waals surface area (Å²) < 4.78 is 15.5. The number of para-hydroxylation sites is 1. The Hall–Kier alpha value is -3.64. The summed E-state index contributed by atoms with van der Waals surface area (Å²) in [6, 6.07) is 24.7. The molecule has 5 rings (SSSR count). The zero-order chi connectivity index (χ0) is 21.0. The van der Waals surface area contributed by atoms with E-state index in [1.165, 1.54) is 12.1 Å². The predicted molar refractivity (Wildman–Crippen MR) is 125 cm³/mol. The number of benzene rings is 3. The second-order valence-corrected chi connectivity index (χ2v) is 7.98. The van der Waals surface area contributed by atoms with Crippen LogP contribution in [0.4, 0.5) is 4.39 Å². The van der Waals surface area contributed by atoms with E-state index in [-0.39, 0.29) is 5.82 Å². The van der Waals surface area contributed by atoms with Gasteiger partial charge in [0.2, 0.25) is 0 Å². The smallest absolute Gasteiger partial charge is 0.196 e. The Morgan fingerprint density at radius 1 is 0.903 bits per heavy atom. The molecule has 31 heavy (non-hydrogen) atoms. The second-order valence-electron chi connectivity index (χ2n) is 6.99. The van der Waals surface area contributed by atoms with Crippen molar-refractivity contribution in [1.82, 2.24) is 19.7 Å². The Kier molecular flexibility index (Phi) is 5.37. The van der Waals surface area contributed by atoms with E-state index in [2.05, 4.69) is 45.5 Å². The monoisotopic (exact) mass is 426 g/mol. The lowest BCUT2D eigenvalue weighted by Crippen LogP contribution is -1.99. The molecular weight excluding hydrogens is 407 g/mol. The third-order valence-electron chi connectivity index (χ3n) is 4.97. The van der Waals surface area contributed by atoms with Crippen molar-refractivity contribution in [1.29, 1.82) is 0 Å². The molecule has 3 aromatic carbocycles. The van der Waals surface area contributed by atoms with Crippen LogP contribution in [0.1, 0.15) is 5.56 Å². The fraction of sp³-hybridized carbons (Fsp3) is 0.0400. The van der Waals surface area contributed by atoms with E-state index in [9.17, 15) is 4.39 Å². The van der Waals surface area contributed by atoms with Gasteiger partial charge in [-0.25, -0.2) is 4.39 Å². The van der Waals surface area contributed by atoms with Gasteiger partial charge in [0, 0.05) is 34.1 Å². The number of nitrogens with one attached hydrogen (secondary N) is 1.